The highest BCUT2D eigenvalue weighted by atomic mass is 35.5. The first-order chi connectivity index (χ1) is 9.98. The molecule has 0 unspecified atom stereocenters. The minimum atomic E-state index is -3.62. The second kappa shape index (κ2) is 5.85. The first-order valence-electron chi connectivity index (χ1n) is 6.32. The molecular formula is C13H12Cl2N2O2S2. The Labute approximate surface area is 137 Å². The molecule has 8 heteroatoms. The van der Waals surface area contributed by atoms with E-state index < -0.39 is 10.0 Å². The Morgan fingerprint density at radius 1 is 1.38 bits per heavy atom. The fourth-order valence-corrected chi connectivity index (χ4v) is 4.66. The van der Waals surface area contributed by atoms with Crippen LogP contribution in [0.3, 0.4) is 0 Å². The predicted octanol–water partition coefficient (Wildman–Crippen LogP) is 3.80. The van der Waals surface area contributed by atoms with Crippen LogP contribution in [-0.4, -0.2) is 23.7 Å². The number of thiophene rings is 1. The van der Waals surface area contributed by atoms with E-state index in [9.17, 15) is 8.42 Å². The highest BCUT2D eigenvalue weighted by Gasteiger charge is 2.38. The van der Waals surface area contributed by atoms with Crippen molar-refractivity contribution >= 4 is 44.6 Å². The van der Waals surface area contributed by atoms with Crippen molar-refractivity contribution in [1.82, 2.24) is 9.29 Å². The van der Waals surface area contributed by atoms with Gasteiger partial charge in [0.1, 0.15) is 10.0 Å². The maximum Gasteiger partial charge on any atom is 0.245 e. The average molecular weight is 363 g/mol. The summed E-state index contributed by atoms with van der Waals surface area (Å²) in [7, 11) is -3.62. The van der Waals surface area contributed by atoms with Gasteiger partial charge in [0, 0.05) is 18.8 Å². The highest BCUT2D eigenvalue weighted by molar-refractivity contribution is 7.89. The average Bonchev–Trinajstić information content (AvgIpc) is 3.15. The van der Waals surface area contributed by atoms with Crippen LogP contribution in [0.2, 0.25) is 10.2 Å². The minimum Gasteiger partial charge on any atom is -0.242 e. The molecule has 0 aromatic carbocycles. The Morgan fingerprint density at radius 2 is 2.14 bits per heavy atom. The van der Waals surface area contributed by atoms with Crippen LogP contribution in [-0.2, 0) is 16.6 Å². The topological polar surface area (TPSA) is 50.3 Å². The van der Waals surface area contributed by atoms with Crippen LogP contribution in [0, 0.1) is 0 Å². The molecule has 0 radical (unpaired) electrons. The summed E-state index contributed by atoms with van der Waals surface area (Å²) in [5.41, 5.74) is 0.989. The van der Waals surface area contributed by atoms with Gasteiger partial charge in [0.15, 0.2) is 0 Å². The Morgan fingerprint density at radius 3 is 2.71 bits per heavy atom. The predicted molar refractivity (Wildman–Crippen MR) is 84.3 cm³/mol. The third-order valence-corrected chi connectivity index (χ3v) is 6.53. The monoisotopic (exact) mass is 362 g/mol. The van der Waals surface area contributed by atoms with E-state index in [2.05, 4.69) is 4.98 Å². The highest BCUT2D eigenvalue weighted by Crippen LogP contribution is 2.34. The van der Waals surface area contributed by atoms with Crippen LogP contribution in [0.15, 0.2) is 34.0 Å². The molecule has 2 aromatic heterocycles. The van der Waals surface area contributed by atoms with Crippen LogP contribution >= 0.6 is 34.5 Å². The van der Waals surface area contributed by atoms with Gasteiger partial charge in [-0.15, -0.1) is 0 Å². The van der Waals surface area contributed by atoms with Gasteiger partial charge in [-0.05, 0) is 41.3 Å². The van der Waals surface area contributed by atoms with Crippen LogP contribution in [0.25, 0.3) is 0 Å². The van der Waals surface area contributed by atoms with Crippen molar-refractivity contribution in [1.29, 1.82) is 0 Å². The van der Waals surface area contributed by atoms with Gasteiger partial charge in [0.25, 0.3) is 0 Å². The molecule has 1 aliphatic rings. The van der Waals surface area contributed by atoms with Crippen molar-refractivity contribution in [3.8, 4) is 0 Å². The molecule has 112 valence electrons. The van der Waals surface area contributed by atoms with Crippen LogP contribution in [0.4, 0.5) is 0 Å². The molecule has 0 saturated heterocycles. The van der Waals surface area contributed by atoms with E-state index in [4.69, 9.17) is 23.2 Å². The molecule has 0 amide bonds. The van der Waals surface area contributed by atoms with Crippen molar-refractivity contribution < 1.29 is 8.42 Å². The molecule has 2 heterocycles. The summed E-state index contributed by atoms with van der Waals surface area (Å²) in [6.45, 7) is 0.372. The van der Waals surface area contributed by atoms with E-state index in [-0.39, 0.29) is 21.1 Å². The van der Waals surface area contributed by atoms with E-state index in [0.29, 0.717) is 6.54 Å². The molecule has 21 heavy (non-hydrogen) atoms. The number of rotatable bonds is 5. The molecule has 0 N–H and O–H groups in total. The summed E-state index contributed by atoms with van der Waals surface area (Å²) >= 11 is 13.2. The molecule has 0 atom stereocenters. The van der Waals surface area contributed by atoms with Crippen LogP contribution < -0.4 is 0 Å². The van der Waals surface area contributed by atoms with Gasteiger partial charge >= 0.3 is 0 Å². The lowest BCUT2D eigenvalue weighted by Gasteiger charge is -2.21. The second-order valence-electron chi connectivity index (χ2n) is 4.86. The van der Waals surface area contributed by atoms with Crippen molar-refractivity contribution in [2.75, 3.05) is 0 Å². The van der Waals surface area contributed by atoms with Gasteiger partial charge in [-0.1, -0.05) is 23.2 Å². The molecule has 4 nitrogen and oxygen atoms in total. The van der Waals surface area contributed by atoms with E-state index in [1.54, 1.807) is 11.3 Å². The molecule has 0 aliphatic heterocycles. The molecule has 0 bridgehead atoms. The van der Waals surface area contributed by atoms with E-state index in [1.807, 2.05) is 16.8 Å². The summed E-state index contributed by atoms with van der Waals surface area (Å²) in [6, 6.07) is 3.35. The number of sulfonamides is 1. The standard InChI is InChI=1S/C13H12Cl2N2O2S2/c14-12-5-11(6-16-13(12)15)21(18,19)17(10-1-2-10)7-9-3-4-20-8-9/h3-6,8,10H,1-2,7H2. The van der Waals surface area contributed by atoms with Gasteiger partial charge in [-0.3, -0.25) is 0 Å². The van der Waals surface area contributed by atoms with E-state index in [0.717, 1.165) is 18.4 Å². The zero-order chi connectivity index (χ0) is 15.0. The second-order valence-corrected chi connectivity index (χ2v) is 8.29. The maximum absolute atomic E-state index is 12.8. The number of aromatic nitrogens is 1. The molecule has 2 aromatic rings. The Balaban J connectivity index is 1.95. The van der Waals surface area contributed by atoms with Gasteiger partial charge in [-0.2, -0.15) is 15.6 Å². The normalized spacial score (nSPS) is 15.6. The lowest BCUT2D eigenvalue weighted by atomic mass is 10.3. The molecule has 3 rings (SSSR count). The summed E-state index contributed by atoms with van der Waals surface area (Å²) < 4.78 is 27.1. The van der Waals surface area contributed by atoms with Gasteiger partial charge in [0.2, 0.25) is 10.0 Å². The van der Waals surface area contributed by atoms with Crippen molar-refractivity contribution in [2.45, 2.75) is 30.3 Å². The number of halogens is 2. The third kappa shape index (κ3) is 3.24. The zero-order valence-electron chi connectivity index (χ0n) is 10.9. The fourth-order valence-electron chi connectivity index (χ4n) is 2.02. The van der Waals surface area contributed by atoms with Crippen molar-refractivity contribution in [3.05, 3.63) is 44.8 Å². The Kier molecular flexibility index (Phi) is 4.25. The summed E-state index contributed by atoms with van der Waals surface area (Å²) in [4.78, 5) is 3.92. The van der Waals surface area contributed by atoms with Crippen molar-refractivity contribution in [2.24, 2.45) is 0 Å². The Hall–Kier alpha value is -0.660. The zero-order valence-corrected chi connectivity index (χ0v) is 14.0. The van der Waals surface area contributed by atoms with Gasteiger partial charge in [-0.25, -0.2) is 13.4 Å². The largest absolute Gasteiger partial charge is 0.245 e. The number of hydrogen-bond acceptors (Lipinski definition) is 4. The minimum absolute atomic E-state index is 0.0596. The van der Waals surface area contributed by atoms with Crippen LogP contribution in [0.1, 0.15) is 18.4 Å². The van der Waals surface area contributed by atoms with Gasteiger partial charge in [0.05, 0.1) is 5.02 Å². The number of nitrogens with zero attached hydrogens (tertiary/aromatic N) is 2. The first kappa shape index (κ1) is 15.2. The molecule has 0 spiro atoms. The third-order valence-electron chi connectivity index (χ3n) is 3.25. The number of hydrogen-bond donors (Lipinski definition) is 0. The lowest BCUT2D eigenvalue weighted by Crippen LogP contribution is -2.32. The molecular weight excluding hydrogens is 351 g/mol. The van der Waals surface area contributed by atoms with Crippen molar-refractivity contribution in [3.63, 3.8) is 0 Å². The number of pyridine rings is 1. The molecule has 1 aliphatic carbocycles. The van der Waals surface area contributed by atoms with Gasteiger partial charge < -0.3 is 0 Å². The Bertz CT molecular complexity index is 744. The fraction of sp³-hybridized carbons (Fsp3) is 0.308. The summed E-state index contributed by atoms with van der Waals surface area (Å²) in [5, 5.41) is 4.14. The van der Waals surface area contributed by atoms with E-state index >= 15 is 0 Å². The quantitative estimate of drug-likeness (QED) is 0.760. The molecule has 1 fully saturated rings. The summed E-state index contributed by atoms with van der Waals surface area (Å²) in [6.07, 6.45) is 3.03. The van der Waals surface area contributed by atoms with Crippen LogP contribution in [0.5, 0.6) is 0 Å². The first-order valence-corrected chi connectivity index (χ1v) is 9.46. The summed E-state index contributed by atoms with van der Waals surface area (Å²) in [5.74, 6) is 0. The SMILES string of the molecule is O=S(=O)(c1cnc(Cl)c(Cl)c1)N(Cc1ccsc1)C1CC1. The molecule has 1 saturated carbocycles. The maximum atomic E-state index is 12.8. The van der Waals surface area contributed by atoms with E-state index in [1.165, 1.54) is 16.6 Å². The smallest absolute Gasteiger partial charge is 0.242 e. The lowest BCUT2D eigenvalue weighted by molar-refractivity contribution is 0.399.